The zero-order valence-corrected chi connectivity index (χ0v) is 17.4. The van der Waals surface area contributed by atoms with E-state index in [9.17, 15) is 4.79 Å². The number of esters is 1. The largest absolute Gasteiger partial charge is 0.457 e. The molecule has 0 radical (unpaired) electrons. The predicted octanol–water partition coefficient (Wildman–Crippen LogP) is 6.02. The number of benzene rings is 1. The van der Waals surface area contributed by atoms with Gasteiger partial charge in [0.05, 0.1) is 0 Å². The van der Waals surface area contributed by atoms with Crippen LogP contribution in [0.5, 0.6) is 0 Å². The highest BCUT2D eigenvalue weighted by atomic mass is 16.6. The van der Waals surface area contributed by atoms with Crippen molar-refractivity contribution in [1.29, 1.82) is 0 Å². The van der Waals surface area contributed by atoms with Crippen molar-refractivity contribution in [2.75, 3.05) is 6.61 Å². The fourth-order valence-electron chi connectivity index (χ4n) is 5.99. The minimum Gasteiger partial charge on any atom is -0.457 e. The summed E-state index contributed by atoms with van der Waals surface area (Å²) in [6.45, 7) is 2.90. The molecule has 2 atom stereocenters. The molecule has 3 heteroatoms. The van der Waals surface area contributed by atoms with E-state index in [1.807, 2.05) is 18.2 Å². The Hall–Kier alpha value is -1.35. The Labute approximate surface area is 170 Å². The maximum absolute atomic E-state index is 13.4. The summed E-state index contributed by atoms with van der Waals surface area (Å²) in [5.41, 5.74) is 0.865. The maximum atomic E-state index is 13.4. The molecule has 0 N–H and O–H groups in total. The number of carbonyl (C=O) groups excluding carboxylic acids is 1. The lowest BCUT2D eigenvalue weighted by molar-refractivity contribution is -0.187. The van der Waals surface area contributed by atoms with Gasteiger partial charge >= 0.3 is 5.97 Å². The topological polar surface area (TPSA) is 35.5 Å². The Bertz CT molecular complexity index is 610. The van der Waals surface area contributed by atoms with Gasteiger partial charge in [0.15, 0.2) is 6.10 Å². The minimum atomic E-state index is -0.450. The van der Waals surface area contributed by atoms with E-state index < -0.39 is 6.10 Å². The van der Waals surface area contributed by atoms with Gasteiger partial charge in [-0.1, -0.05) is 68.9 Å². The molecule has 0 unspecified atom stereocenters. The highest BCUT2D eigenvalue weighted by Crippen LogP contribution is 2.46. The zero-order chi connectivity index (χ0) is 19.4. The first-order chi connectivity index (χ1) is 13.7. The molecule has 28 heavy (non-hydrogen) atoms. The molecule has 2 saturated carbocycles. The first kappa shape index (κ1) is 19.9. The molecule has 0 spiro atoms. The molecule has 2 aliphatic carbocycles. The molecule has 3 nitrogen and oxygen atoms in total. The Balaban J connectivity index is 1.52. The van der Waals surface area contributed by atoms with E-state index in [0.717, 1.165) is 6.42 Å². The fraction of sp³-hybridized carbons (Fsp3) is 0.720. The summed E-state index contributed by atoms with van der Waals surface area (Å²) in [6, 6.07) is 10.3. The molecule has 3 fully saturated rings. The highest BCUT2D eigenvalue weighted by molar-refractivity contribution is 5.77. The van der Waals surface area contributed by atoms with Crippen molar-refractivity contribution in [3.63, 3.8) is 0 Å². The molecule has 0 bridgehead atoms. The second-order valence-corrected chi connectivity index (χ2v) is 9.37. The van der Waals surface area contributed by atoms with Crippen molar-refractivity contribution >= 4 is 5.97 Å². The van der Waals surface area contributed by atoms with Gasteiger partial charge in [-0.25, -0.2) is 4.79 Å². The Morgan fingerprint density at radius 1 is 0.893 bits per heavy atom. The summed E-state index contributed by atoms with van der Waals surface area (Å²) >= 11 is 0. The summed E-state index contributed by atoms with van der Waals surface area (Å²) in [6.07, 6.45) is 13.0. The van der Waals surface area contributed by atoms with Gasteiger partial charge in [-0.15, -0.1) is 0 Å². The van der Waals surface area contributed by atoms with Crippen molar-refractivity contribution in [1.82, 2.24) is 0 Å². The van der Waals surface area contributed by atoms with Gasteiger partial charge in [0.2, 0.25) is 0 Å². The number of ether oxygens (including phenoxy) is 2. The molecule has 1 saturated heterocycles. The average Bonchev–Trinajstić information content (AvgIpc) is 3.26. The second-order valence-electron chi connectivity index (χ2n) is 9.37. The number of hydrogen-bond donors (Lipinski definition) is 0. The third kappa shape index (κ3) is 4.15. The van der Waals surface area contributed by atoms with Crippen LogP contribution in [-0.4, -0.2) is 24.3 Å². The maximum Gasteiger partial charge on any atom is 0.336 e. The monoisotopic (exact) mass is 384 g/mol. The first-order valence-corrected chi connectivity index (χ1v) is 11.6. The Kier molecular flexibility index (Phi) is 6.40. The van der Waals surface area contributed by atoms with Crippen LogP contribution in [0.4, 0.5) is 0 Å². The molecular weight excluding hydrogens is 348 g/mol. The molecule has 1 heterocycles. The minimum absolute atomic E-state index is 0.120. The van der Waals surface area contributed by atoms with Crippen LogP contribution in [0, 0.1) is 11.8 Å². The van der Waals surface area contributed by atoms with Crippen LogP contribution in [0.1, 0.15) is 89.0 Å². The standard InChI is InChI=1S/C25H36O3/c1-25(20-13-7-3-8-14-20,21-15-9-4-10-16-21)28-24(26)23-22(17-18-27-23)19-11-5-2-6-12-19/h2,5-6,11-12,20-23H,3-4,7-10,13-18H2,1H3/t22-,23-/m0/s1. The van der Waals surface area contributed by atoms with Crippen LogP contribution in [0.2, 0.25) is 0 Å². The van der Waals surface area contributed by atoms with E-state index >= 15 is 0 Å². The van der Waals surface area contributed by atoms with E-state index in [-0.39, 0.29) is 17.5 Å². The molecular formula is C25H36O3. The molecule has 4 rings (SSSR count). The smallest absolute Gasteiger partial charge is 0.336 e. The molecule has 1 aromatic rings. The van der Waals surface area contributed by atoms with Gasteiger partial charge in [0, 0.05) is 12.5 Å². The lowest BCUT2D eigenvalue weighted by atomic mass is 9.67. The van der Waals surface area contributed by atoms with Crippen LogP contribution in [-0.2, 0) is 14.3 Å². The van der Waals surface area contributed by atoms with Gasteiger partial charge in [0.1, 0.15) is 5.60 Å². The third-order valence-electron chi connectivity index (χ3n) is 7.70. The van der Waals surface area contributed by atoms with E-state index in [2.05, 4.69) is 19.1 Å². The van der Waals surface area contributed by atoms with E-state index in [1.165, 1.54) is 69.8 Å². The van der Waals surface area contributed by atoms with Gasteiger partial charge < -0.3 is 9.47 Å². The summed E-state index contributed by atoms with van der Waals surface area (Å²) < 4.78 is 12.4. The lowest BCUT2D eigenvalue weighted by Gasteiger charge is -2.46. The van der Waals surface area contributed by atoms with Gasteiger partial charge in [-0.2, -0.15) is 0 Å². The normalized spacial score (nSPS) is 27.6. The average molecular weight is 385 g/mol. The summed E-state index contributed by atoms with van der Waals surface area (Å²) in [5.74, 6) is 1.01. The Morgan fingerprint density at radius 2 is 1.46 bits per heavy atom. The van der Waals surface area contributed by atoms with E-state index in [0.29, 0.717) is 18.4 Å². The Morgan fingerprint density at radius 3 is 2.04 bits per heavy atom. The lowest BCUT2D eigenvalue weighted by Crippen LogP contribution is -2.49. The SMILES string of the molecule is CC(OC(=O)[C@H]1OCC[C@H]1c1ccccc1)(C1CCCCC1)C1CCCCC1. The van der Waals surface area contributed by atoms with Crippen molar-refractivity contribution < 1.29 is 14.3 Å². The molecule has 0 amide bonds. The summed E-state index contributed by atoms with van der Waals surface area (Å²) in [5, 5.41) is 0. The highest BCUT2D eigenvalue weighted by Gasteiger charge is 2.47. The summed E-state index contributed by atoms with van der Waals surface area (Å²) in [7, 11) is 0. The predicted molar refractivity (Wildman–Crippen MR) is 111 cm³/mol. The van der Waals surface area contributed by atoms with Crippen molar-refractivity contribution in [2.24, 2.45) is 11.8 Å². The second kappa shape index (κ2) is 8.98. The molecule has 154 valence electrons. The first-order valence-electron chi connectivity index (χ1n) is 11.6. The molecule has 1 aliphatic heterocycles. The van der Waals surface area contributed by atoms with Gasteiger partial charge in [-0.05, 0) is 56.4 Å². The molecule has 0 aromatic heterocycles. The van der Waals surface area contributed by atoms with Crippen molar-refractivity contribution in [2.45, 2.75) is 95.2 Å². The fourth-order valence-corrected chi connectivity index (χ4v) is 5.99. The van der Waals surface area contributed by atoms with Crippen LogP contribution < -0.4 is 0 Å². The van der Waals surface area contributed by atoms with E-state index in [4.69, 9.17) is 9.47 Å². The number of hydrogen-bond acceptors (Lipinski definition) is 3. The summed E-state index contributed by atoms with van der Waals surface area (Å²) in [4.78, 5) is 13.4. The number of rotatable bonds is 5. The third-order valence-corrected chi connectivity index (χ3v) is 7.70. The molecule has 3 aliphatic rings. The zero-order valence-electron chi connectivity index (χ0n) is 17.4. The quantitative estimate of drug-likeness (QED) is 0.582. The molecule has 1 aromatic carbocycles. The van der Waals surface area contributed by atoms with Gasteiger partial charge in [0.25, 0.3) is 0 Å². The van der Waals surface area contributed by atoms with E-state index in [1.54, 1.807) is 0 Å². The van der Waals surface area contributed by atoms with Crippen LogP contribution in [0.25, 0.3) is 0 Å². The van der Waals surface area contributed by atoms with Crippen LogP contribution in [0.3, 0.4) is 0 Å². The van der Waals surface area contributed by atoms with Crippen molar-refractivity contribution in [3.05, 3.63) is 35.9 Å². The van der Waals surface area contributed by atoms with Crippen LogP contribution >= 0.6 is 0 Å². The number of carbonyl (C=O) groups is 1. The van der Waals surface area contributed by atoms with Crippen molar-refractivity contribution in [3.8, 4) is 0 Å². The van der Waals surface area contributed by atoms with Gasteiger partial charge in [-0.3, -0.25) is 0 Å². The van der Waals surface area contributed by atoms with Crippen LogP contribution in [0.15, 0.2) is 30.3 Å².